The van der Waals surface area contributed by atoms with Gasteiger partial charge in [-0.15, -0.1) is 10.2 Å². The molecule has 2 aromatic rings. The highest BCUT2D eigenvalue weighted by Crippen LogP contribution is 2.31. The molecule has 0 aliphatic heterocycles. The van der Waals surface area contributed by atoms with Crippen molar-refractivity contribution in [3.63, 3.8) is 0 Å². The topological polar surface area (TPSA) is 71.0 Å². The van der Waals surface area contributed by atoms with E-state index in [9.17, 15) is 4.79 Å². The van der Waals surface area contributed by atoms with Crippen LogP contribution in [0.2, 0.25) is 0 Å². The molecule has 2 heterocycles. The van der Waals surface area contributed by atoms with E-state index in [1.807, 2.05) is 25.1 Å². The molecule has 2 amide bonds. The number of rotatable bonds is 5. The van der Waals surface area contributed by atoms with E-state index in [0.717, 1.165) is 17.1 Å². The van der Waals surface area contributed by atoms with Gasteiger partial charge in [-0.2, -0.15) is 0 Å². The van der Waals surface area contributed by atoms with E-state index in [1.54, 1.807) is 18.1 Å². The summed E-state index contributed by atoms with van der Waals surface area (Å²) >= 11 is 1.42. The van der Waals surface area contributed by atoms with Crippen LogP contribution in [0.25, 0.3) is 0 Å². The first-order chi connectivity index (χ1) is 10.8. The lowest BCUT2D eigenvalue weighted by atomic mass is 9.91. The first-order valence-electron chi connectivity index (χ1n) is 7.64. The molecule has 124 valence electrons. The largest absolute Gasteiger partial charge is 0.323 e. The molecule has 0 saturated carbocycles. The van der Waals surface area contributed by atoms with Gasteiger partial charge in [0.15, 0.2) is 0 Å². The van der Waals surface area contributed by atoms with Gasteiger partial charge in [-0.25, -0.2) is 4.79 Å². The van der Waals surface area contributed by atoms with Gasteiger partial charge in [0, 0.05) is 18.7 Å². The third kappa shape index (κ3) is 4.04. The maximum atomic E-state index is 12.4. The van der Waals surface area contributed by atoms with Crippen LogP contribution in [0.1, 0.15) is 50.9 Å². The predicted molar refractivity (Wildman–Crippen MR) is 92.7 cm³/mol. The Bertz CT molecular complexity index is 656. The zero-order valence-electron chi connectivity index (χ0n) is 14.2. The summed E-state index contributed by atoms with van der Waals surface area (Å²) in [5.74, 6) is 0. The van der Waals surface area contributed by atoms with Crippen molar-refractivity contribution in [2.45, 2.75) is 45.6 Å². The highest BCUT2D eigenvalue weighted by atomic mass is 32.1. The third-order valence-electron chi connectivity index (χ3n) is 4.12. The summed E-state index contributed by atoms with van der Waals surface area (Å²) in [7, 11) is 1.74. The van der Waals surface area contributed by atoms with E-state index in [-0.39, 0.29) is 17.5 Å². The minimum Gasteiger partial charge on any atom is -0.319 e. The van der Waals surface area contributed by atoms with E-state index < -0.39 is 0 Å². The van der Waals surface area contributed by atoms with Crippen molar-refractivity contribution in [1.82, 2.24) is 20.1 Å². The Balaban J connectivity index is 2.04. The lowest BCUT2D eigenvalue weighted by molar-refractivity contribution is 0.207. The van der Waals surface area contributed by atoms with Crippen molar-refractivity contribution < 1.29 is 4.79 Å². The molecule has 0 aromatic carbocycles. The zero-order chi connectivity index (χ0) is 17.0. The zero-order valence-corrected chi connectivity index (χ0v) is 15.0. The molecular weight excluding hydrogens is 310 g/mol. The van der Waals surface area contributed by atoms with Gasteiger partial charge in [-0.05, 0) is 25.5 Å². The van der Waals surface area contributed by atoms with Gasteiger partial charge in [-0.3, -0.25) is 10.3 Å². The van der Waals surface area contributed by atoms with Crippen LogP contribution in [0.3, 0.4) is 0 Å². The van der Waals surface area contributed by atoms with Crippen molar-refractivity contribution in [1.29, 1.82) is 0 Å². The molecule has 1 unspecified atom stereocenters. The van der Waals surface area contributed by atoms with Gasteiger partial charge in [0.25, 0.3) is 0 Å². The molecule has 7 heteroatoms. The maximum Gasteiger partial charge on any atom is 0.323 e. The number of hydrogen-bond donors (Lipinski definition) is 1. The summed E-state index contributed by atoms with van der Waals surface area (Å²) in [6.45, 7) is 8.29. The predicted octanol–water partition coefficient (Wildman–Crippen LogP) is 3.85. The van der Waals surface area contributed by atoms with Gasteiger partial charge >= 0.3 is 6.03 Å². The standard InChI is InChI=1S/C16H23N5OS/c1-6-16(3,4)13-19-20-14(23-13)18-15(22)21(5)11(2)12-9-7-8-10-17-12/h7-11H,6H2,1-5H3,(H,18,20,22). The summed E-state index contributed by atoms with van der Waals surface area (Å²) in [4.78, 5) is 18.3. The Hall–Kier alpha value is -2.02. The SMILES string of the molecule is CCC(C)(C)c1nnc(NC(=O)N(C)C(C)c2ccccn2)s1. The van der Waals surface area contributed by atoms with Gasteiger partial charge in [0.1, 0.15) is 5.01 Å². The number of urea groups is 1. The second-order valence-corrected chi connectivity index (χ2v) is 7.10. The molecule has 0 spiro atoms. The number of carbonyl (C=O) groups excluding carboxylic acids is 1. The van der Waals surface area contributed by atoms with Crippen LogP contribution in [0, 0.1) is 0 Å². The molecule has 1 N–H and O–H groups in total. The van der Waals surface area contributed by atoms with Crippen LogP contribution in [0.4, 0.5) is 9.93 Å². The Labute approximate surface area is 141 Å². The van der Waals surface area contributed by atoms with Crippen LogP contribution in [0.5, 0.6) is 0 Å². The molecule has 0 saturated heterocycles. The Kier molecular flexibility index (Phi) is 5.30. The molecule has 2 rings (SSSR count). The van der Waals surface area contributed by atoms with Gasteiger partial charge in [-0.1, -0.05) is 38.2 Å². The second-order valence-electron chi connectivity index (χ2n) is 6.12. The molecule has 0 fully saturated rings. The average molecular weight is 333 g/mol. The van der Waals surface area contributed by atoms with Crippen molar-refractivity contribution in [2.75, 3.05) is 12.4 Å². The van der Waals surface area contributed by atoms with Crippen LogP contribution in [-0.2, 0) is 5.41 Å². The molecule has 1 atom stereocenters. The highest BCUT2D eigenvalue weighted by molar-refractivity contribution is 7.15. The first-order valence-corrected chi connectivity index (χ1v) is 8.45. The van der Waals surface area contributed by atoms with E-state index >= 15 is 0 Å². The van der Waals surface area contributed by atoms with Crippen molar-refractivity contribution in [2.24, 2.45) is 0 Å². The fourth-order valence-corrected chi connectivity index (χ4v) is 2.78. The normalized spacial score (nSPS) is 12.7. The number of pyridine rings is 1. The lowest BCUT2D eigenvalue weighted by Crippen LogP contribution is -2.33. The minimum atomic E-state index is -0.222. The Morgan fingerprint density at radius 2 is 2.13 bits per heavy atom. The molecular formula is C16H23N5OS. The fourth-order valence-electron chi connectivity index (χ4n) is 1.88. The molecule has 0 radical (unpaired) electrons. The molecule has 0 aliphatic carbocycles. The van der Waals surface area contributed by atoms with Gasteiger partial charge in [0.2, 0.25) is 5.13 Å². The van der Waals surface area contributed by atoms with Crippen LogP contribution >= 0.6 is 11.3 Å². The average Bonchev–Trinajstić information content (AvgIpc) is 3.03. The van der Waals surface area contributed by atoms with Crippen LogP contribution in [0.15, 0.2) is 24.4 Å². The minimum absolute atomic E-state index is 0.0339. The van der Waals surface area contributed by atoms with Crippen molar-refractivity contribution in [3.8, 4) is 0 Å². The number of aromatic nitrogens is 3. The monoisotopic (exact) mass is 333 g/mol. The number of carbonyl (C=O) groups is 1. The maximum absolute atomic E-state index is 12.4. The molecule has 2 aromatic heterocycles. The summed E-state index contributed by atoms with van der Waals surface area (Å²) < 4.78 is 0. The van der Waals surface area contributed by atoms with E-state index in [2.05, 4.69) is 41.3 Å². The fraction of sp³-hybridized carbons (Fsp3) is 0.500. The lowest BCUT2D eigenvalue weighted by Gasteiger charge is -2.24. The van der Waals surface area contributed by atoms with E-state index in [1.165, 1.54) is 11.3 Å². The quantitative estimate of drug-likeness (QED) is 0.902. The summed E-state index contributed by atoms with van der Waals surface area (Å²) in [5.41, 5.74) is 0.809. The Morgan fingerprint density at radius 3 is 2.74 bits per heavy atom. The molecule has 0 bridgehead atoms. The molecule has 0 aliphatic rings. The van der Waals surface area contributed by atoms with Crippen LogP contribution < -0.4 is 5.32 Å². The van der Waals surface area contributed by atoms with Crippen molar-refractivity contribution in [3.05, 3.63) is 35.1 Å². The number of amides is 2. The van der Waals surface area contributed by atoms with E-state index in [0.29, 0.717) is 5.13 Å². The first kappa shape index (κ1) is 17.3. The van der Waals surface area contributed by atoms with Crippen LogP contribution in [-0.4, -0.2) is 33.2 Å². The molecule has 6 nitrogen and oxygen atoms in total. The number of nitrogens with zero attached hydrogens (tertiary/aromatic N) is 4. The smallest absolute Gasteiger partial charge is 0.319 e. The van der Waals surface area contributed by atoms with Crippen molar-refractivity contribution >= 4 is 22.5 Å². The van der Waals surface area contributed by atoms with Gasteiger partial charge in [0.05, 0.1) is 11.7 Å². The van der Waals surface area contributed by atoms with E-state index in [4.69, 9.17) is 0 Å². The highest BCUT2D eigenvalue weighted by Gasteiger charge is 2.25. The second kappa shape index (κ2) is 7.04. The van der Waals surface area contributed by atoms with Gasteiger partial charge < -0.3 is 4.90 Å². The number of hydrogen-bond acceptors (Lipinski definition) is 5. The Morgan fingerprint density at radius 1 is 1.39 bits per heavy atom. The third-order valence-corrected chi connectivity index (χ3v) is 5.32. The number of anilines is 1. The summed E-state index contributed by atoms with van der Waals surface area (Å²) in [6.07, 6.45) is 2.69. The number of nitrogens with one attached hydrogen (secondary N) is 1. The molecule has 23 heavy (non-hydrogen) atoms. The summed E-state index contributed by atoms with van der Waals surface area (Å²) in [5, 5.41) is 12.5. The summed E-state index contributed by atoms with van der Waals surface area (Å²) in [6, 6.07) is 5.32.